The molecular formula is C20H22ClN5O6S. The Labute approximate surface area is 194 Å². The molecule has 33 heavy (non-hydrogen) atoms. The zero-order valence-corrected chi connectivity index (χ0v) is 19.2. The fourth-order valence-electron chi connectivity index (χ4n) is 3.69. The van der Waals surface area contributed by atoms with Gasteiger partial charge in [0.25, 0.3) is 10.0 Å². The number of amides is 1. The summed E-state index contributed by atoms with van der Waals surface area (Å²) in [6.07, 6.45) is 1.72. The summed E-state index contributed by atoms with van der Waals surface area (Å²) in [6.45, 7) is 3.85. The lowest BCUT2D eigenvalue weighted by Gasteiger charge is -2.33. The summed E-state index contributed by atoms with van der Waals surface area (Å²) in [5.74, 6) is -0.624. The summed E-state index contributed by atoms with van der Waals surface area (Å²) in [4.78, 5) is 13.4. The van der Waals surface area contributed by atoms with Gasteiger partial charge in [-0.05, 0) is 38.0 Å². The average Bonchev–Trinajstić information content (AvgIpc) is 3.23. The van der Waals surface area contributed by atoms with Gasteiger partial charge in [0.1, 0.15) is 5.58 Å². The van der Waals surface area contributed by atoms with Crippen LogP contribution in [0.4, 0.5) is 11.5 Å². The van der Waals surface area contributed by atoms with Gasteiger partial charge in [0, 0.05) is 37.2 Å². The number of hydrogen-bond acceptors (Lipinski definition) is 9. The molecule has 1 aromatic carbocycles. The van der Waals surface area contributed by atoms with Crippen LogP contribution in [0.15, 0.2) is 39.6 Å². The average molecular weight is 496 g/mol. The molecule has 1 saturated heterocycles. The van der Waals surface area contributed by atoms with Crippen LogP contribution in [-0.4, -0.2) is 55.5 Å². The Hall–Kier alpha value is -2.93. The highest BCUT2D eigenvalue weighted by Crippen LogP contribution is 2.31. The van der Waals surface area contributed by atoms with E-state index in [0.29, 0.717) is 30.9 Å². The monoisotopic (exact) mass is 495 g/mol. The van der Waals surface area contributed by atoms with Gasteiger partial charge in [0.2, 0.25) is 0 Å². The van der Waals surface area contributed by atoms with Crippen LogP contribution in [0.1, 0.15) is 30.3 Å². The topological polar surface area (TPSA) is 147 Å². The molecule has 2 aromatic heterocycles. The highest BCUT2D eigenvalue weighted by molar-refractivity contribution is 7.92. The van der Waals surface area contributed by atoms with E-state index in [1.807, 2.05) is 11.8 Å². The molecule has 0 aliphatic carbocycles. The predicted molar refractivity (Wildman–Crippen MR) is 120 cm³/mol. The molecule has 3 heterocycles. The third-order valence-corrected chi connectivity index (χ3v) is 6.81. The lowest BCUT2D eigenvalue weighted by atomic mass is 10.1. The molecular weight excluding hydrogens is 474 g/mol. The SMILES string of the molecule is CCOC1CCN(c2nnc(Cl)cc2NS(=O)(=O)c2ccc3cc(C(=O)NO)oc3c2)CC1. The Morgan fingerprint density at radius 2 is 2.03 bits per heavy atom. The number of hydrogen-bond donors (Lipinski definition) is 3. The van der Waals surface area contributed by atoms with Gasteiger partial charge in [0.05, 0.1) is 16.7 Å². The number of sulfonamides is 1. The van der Waals surface area contributed by atoms with Crippen LogP contribution in [0.5, 0.6) is 0 Å². The van der Waals surface area contributed by atoms with Gasteiger partial charge in [-0.1, -0.05) is 11.6 Å². The van der Waals surface area contributed by atoms with Crippen molar-refractivity contribution in [1.29, 1.82) is 0 Å². The summed E-state index contributed by atoms with van der Waals surface area (Å²) in [7, 11) is -4.06. The number of nitrogens with zero attached hydrogens (tertiary/aromatic N) is 3. The van der Waals surface area contributed by atoms with E-state index >= 15 is 0 Å². The second-order valence-electron chi connectivity index (χ2n) is 7.40. The number of fused-ring (bicyclic) bond motifs is 1. The standard InChI is InChI=1S/C20H22ClN5O6S/c1-2-31-13-5-7-26(8-6-13)19-15(11-18(21)22-23-19)25-33(29,30)14-4-3-12-9-17(20(27)24-28)32-16(12)10-14/h3-4,9-11,13,28H,2,5-8H2,1H3,(H,22,25)(H,24,27). The van der Waals surface area contributed by atoms with Gasteiger partial charge >= 0.3 is 5.91 Å². The van der Waals surface area contributed by atoms with E-state index in [4.69, 9.17) is 26.0 Å². The van der Waals surface area contributed by atoms with E-state index in [9.17, 15) is 13.2 Å². The smallest absolute Gasteiger partial charge is 0.310 e. The Bertz CT molecular complexity index is 1270. The fraction of sp³-hybridized carbons (Fsp3) is 0.350. The highest BCUT2D eigenvalue weighted by Gasteiger charge is 2.25. The largest absolute Gasteiger partial charge is 0.451 e. The summed E-state index contributed by atoms with van der Waals surface area (Å²) in [5, 5.41) is 17.3. The number of aromatic nitrogens is 2. The molecule has 3 N–H and O–H groups in total. The molecule has 1 aliphatic heterocycles. The Kier molecular flexibility index (Phi) is 6.70. The number of benzene rings is 1. The van der Waals surface area contributed by atoms with Crippen LogP contribution in [0.3, 0.4) is 0 Å². The third kappa shape index (κ3) is 5.03. The lowest BCUT2D eigenvalue weighted by molar-refractivity contribution is 0.0458. The van der Waals surface area contributed by atoms with Crippen molar-refractivity contribution < 1.29 is 27.6 Å². The zero-order valence-electron chi connectivity index (χ0n) is 17.6. The van der Waals surface area contributed by atoms with Gasteiger partial charge in [-0.3, -0.25) is 14.7 Å². The zero-order chi connectivity index (χ0) is 23.6. The minimum Gasteiger partial charge on any atom is -0.451 e. The van der Waals surface area contributed by atoms with Crippen LogP contribution in [-0.2, 0) is 14.8 Å². The maximum absolute atomic E-state index is 13.1. The molecule has 0 unspecified atom stereocenters. The maximum Gasteiger partial charge on any atom is 0.310 e. The molecule has 1 amide bonds. The number of halogens is 1. The maximum atomic E-state index is 13.1. The number of anilines is 2. The Morgan fingerprint density at radius 3 is 2.73 bits per heavy atom. The van der Waals surface area contributed by atoms with Crippen LogP contribution >= 0.6 is 11.6 Å². The van der Waals surface area contributed by atoms with Crippen molar-refractivity contribution >= 4 is 50.0 Å². The molecule has 0 saturated carbocycles. The molecule has 1 fully saturated rings. The van der Waals surface area contributed by atoms with Crippen molar-refractivity contribution in [2.24, 2.45) is 0 Å². The minimum absolute atomic E-state index is 0.0433. The number of furan rings is 1. The first-order valence-electron chi connectivity index (χ1n) is 10.2. The van der Waals surface area contributed by atoms with Gasteiger partial charge in [-0.15, -0.1) is 10.2 Å². The van der Waals surface area contributed by atoms with E-state index in [1.54, 1.807) is 0 Å². The van der Waals surface area contributed by atoms with E-state index in [1.165, 1.54) is 35.8 Å². The van der Waals surface area contributed by atoms with Gasteiger partial charge in [-0.2, -0.15) is 0 Å². The number of rotatable bonds is 7. The molecule has 1 aliphatic rings. The number of hydroxylamine groups is 1. The molecule has 0 atom stereocenters. The van der Waals surface area contributed by atoms with Crippen LogP contribution in [0.25, 0.3) is 11.0 Å². The summed E-state index contributed by atoms with van der Waals surface area (Å²) in [5.41, 5.74) is 1.84. The second-order valence-corrected chi connectivity index (χ2v) is 9.47. The lowest BCUT2D eigenvalue weighted by Crippen LogP contribution is -2.38. The predicted octanol–water partition coefficient (Wildman–Crippen LogP) is 2.80. The molecule has 0 spiro atoms. The molecule has 176 valence electrons. The Morgan fingerprint density at radius 1 is 1.27 bits per heavy atom. The van der Waals surface area contributed by atoms with E-state index in [0.717, 1.165) is 12.8 Å². The fourth-order valence-corrected chi connectivity index (χ4v) is 4.90. The first kappa shape index (κ1) is 23.2. The minimum atomic E-state index is -4.06. The number of nitrogens with one attached hydrogen (secondary N) is 2. The quantitative estimate of drug-likeness (QED) is 0.332. The second kappa shape index (κ2) is 9.51. The van der Waals surface area contributed by atoms with Gasteiger partial charge in [-0.25, -0.2) is 13.9 Å². The van der Waals surface area contributed by atoms with Crippen molar-refractivity contribution in [3.05, 3.63) is 41.2 Å². The van der Waals surface area contributed by atoms with E-state index in [-0.39, 0.29) is 33.2 Å². The van der Waals surface area contributed by atoms with Crippen molar-refractivity contribution in [1.82, 2.24) is 15.7 Å². The molecule has 3 aromatic rings. The van der Waals surface area contributed by atoms with Crippen molar-refractivity contribution in [3.63, 3.8) is 0 Å². The van der Waals surface area contributed by atoms with Crippen molar-refractivity contribution in [3.8, 4) is 0 Å². The highest BCUT2D eigenvalue weighted by atomic mass is 35.5. The van der Waals surface area contributed by atoms with Crippen molar-refractivity contribution in [2.45, 2.75) is 30.8 Å². The number of carbonyl (C=O) groups is 1. The molecule has 4 rings (SSSR count). The summed E-state index contributed by atoms with van der Waals surface area (Å²) < 4.78 is 39.8. The van der Waals surface area contributed by atoms with Crippen LogP contribution < -0.4 is 15.1 Å². The molecule has 0 bridgehead atoms. The molecule has 0 radical (unpaired) electrons. The molecule has 11 nitrogen and oxygen atoms in total. The van der Waals surface area contributed by atoms with Crippen molar-refractivity contribution in [2.75, 3.05) is 29.3 Å². The number of piperidine rings is 1. The normalized spacial score (nSPS) is 15.1. The van der Waals surface area contributed by atoms with Gasteiger partial charge in [0.15, 0.2) is 16.7 Å². The first-order chi connectivity index (χ1) is 15.8. The third-order valence-electron chi connectivity index (χ3n) is 5.26. The van der Waals surface area contributed by atoms with E-state index in [2.05, 4.69) is 14.9 Å². The van der Waals surface area contributed by atoms with Gasteiger partial charge < -0.3 is 14.1 Å². The number of carbonyl (C=O) groups excluding carboxylic acids is 1. The van der Waals surface area contributed by atoms with Crippen LogP contribution in [0, 0.1) is 0 Å². The Balaban J connectivity index is 1.60. The summed E-state index contributed by atoms with van der Waals surface area (Å²) >= 11 is 6.00. The van der Waals surface area contributed by atoms with Crippen LogP contribution in [0.2, 0.25) is 5.15 Å². The first-order valence-corrected chi connectivity index (χ1v) is 12.1. The number of ether oxygens (including phenoxy) is 1. The summed E-state index contributed by atoms with van der Waals surface area (Å²) in [6, 6.07) is 6.96. The van der Waals surface area contributed by atoms with E-state index < -0.39 is 15.9 Å². The molecule has 13 heteroatoms.